The molecule has 0 bridgehead atoms. The van der Waals surface area contributed by atoms with Crippen molar-refractivity contribution in [1.29, 1.82) is 0 Å². The summed E-state index contributed by atoms with van der Waals surface area (Å²) in [4.78, 5) is 12.1. The maximum atomic E-state index is 12.1. The molecule has 0 saturated heterocycles. The smallest absolute Gasteiger partial charge is 0.223 e. The lowest BCUT2D eigenvalue weighted by molar-refractivity contribution is -0.125. The van der Waals surface area contributed by atoms with Crippen LogP contribution >= 0.6 is 0 Å². The van der Waals surface area contributed by atoms with E-state index in [1.54, 1.807) is 7.11 Å². The fourth-order valence-electron chi connectivity index (χ4n) is 3.28. The summed E-state index contributed by atoms with van der Waals surface area (Å²) in [6.07, 6.45) is 3.58. The van der Waals surface area contributed by atoms with Crippen LogP contribution in [0.25, 0.3) is 0 Å². The zero-order chi connectivity index (χ0) is 13.2. The van der Waals surface area contributed by atoms with Crippen LogP contribution in [0.3, 0.4) is 0 Å². The van der Waals surface area contributed by atoms with E-state index >= 15 is 0 Å². The molecule has 3 nitrogen and oxygen atoms in total. The Morgan fingerprint density at radius 1 is 1.21 bits per heavy atom. The second-order valence-corrected chi connectivity index (χ2v) is 5.84. The van der Waals surface area contributed by atoms with Gasteiger partial charge in [-0.15, -0.1) is 0 Å². The van der Waals surface area contributed by atoms with Gasteiger partial charge in [0.2, 0.25) is 5.91 Å². The predicted octanol–water partition coefficient (Wildman–Crippen LogP) is 2.50. The molecule has 2 saturated carbocycles. The Balaban J connectivity index is 1.55. The number of methoxy groups -OCH3 is 1. The van der Waals surface area contributed by atoms with Crippen LogP contribution in [0, 0.1) is 17.8 Å². The second kappa shape index (κ2) is 5.33. The quantitative estimate of drug-likeness (QED) is 0.882. The van der Waals surface area contributed by atoms with Gasteiger partial charge in [0.05, 0.1) is 6.61 Å². The topological polar surface area (TPSA) is 38.3 Å². The first-order chi connectivity index (χ1) is 9.28. The molecular formula is C16H21NO2. The molecule has 0 aromatic heterocycles. The number of rotatable bonds is 5. The number of hydrogen-bond acceptors (Lipinski definition) is 2. The monoisotopic (exact) mass is 259 g/mol. The van der Waals surface area contributed by atoms with Crippen molar-refractivity contribution in [2.75, 3.05) is 7.11 Å². The Kier molecular flexibility index (Phi) is 3.56. The van der Waals surface area contributed by atoms with Gasteiger partial charge in [0.25, 0.3) is 0 Å². The third-order valence-corrected chi connectivity index (χ3v) is 4.49. The van der Waals surface area contributed by atoms with Gasteiger partial charge in [-0.25, -0.2) is 0 Å². The van der Waals surface area contributed by atoms with Crippen molar-refractivity contribution in [2.45, 2.75) is 32.4 Å². The highest BCUT2D eigenvalue weighted by atomic mass is 16.5. The fraction of sp³-hybridized carbons (Fsp3) is 0.562. The zero-order valence-corrected chi connectivity index (χ0v) is 11.4. The minimum atomic E-state index is 0.236. The molecule has 0 aliphatic heterocycles. The first-order valence-electron chi connectivity index (χ1n) is 7.11. The number of benzene rings is 1. The third-order valence-electron chi connectivity index (χ3n) is 4.49. The van der Waals surface area contributed by atoms with Crippen LogP contribution in [0.1, 0.15) is 30.4 Å². The number of fused-ring (bicyclic) bond motifs is 1. The van der Waals surface area contributed by atoms with Crippen LogP contribution in [0.15, 0.2) is 24.3 Å². The number of ether oxygens (including phenoxy) is 1. The summed E-state index contributed by atoms with van der Waals surface area (Å²) in [5.41, 5.74) is 2.31. The SMILES string of the molecule is COCc1ccccc1CNC(=O)C1CC2CC2C1. The number of carbonyl (C=O) groups excluding carboxylic acids is 1. The summed E-state index contributed by atoms with van der Waals surface area (Å²) in [6.45, 7) is 1.21. The van der Waals surface area contributed by atoms with Crippen LogP contribution < -0.4 is 5.32 Å². The average Bonchev–Trinajstić information content (AvgIpc) is 3.04. The van der Waals surface area contributed by atoms with Gasteiger partial charge in [0.15, 0.2) is 0 Å². The molecule has 2 fully saturated rings. The van der Waals surface area contributed by atoms with E-state index in [0.717, 1.165) is 35.8 Å². The molecule has 1 N–H and O–H groups in total. The molecule has 0 spiro atoms. The van der Waals surface area contributed by atoms with Crippen LogP contribution in [-0.4, -0.2) is 13.0 Å². The van der Waals surface area contributed by atoms with Crippen molar-refractivity contribution in [2.24, 2.45) is 17.8 Å². The molecule has 2 aliphatic carbocycles. The lowest BCUT2D eigenvalue weighted by Crippen LogP contribution is -2.29. The Labute approximate surface area is 114 Å². The minimum absolute atomic E-state index is 0.236. The molecule has 2 aliphatic rings. The maximum Gasteiger partial charge on any atom is 0.223 e. The van der Waals surface area contributed by atoms with Crippen LogP contribution in [0.5, 0.6) is 0 Å². The zero-order valence-electron chi connectivity index (χ0n) is 11.4. The highest BCUT2D eigenvalue weighted by Crippen LogP contribution is 2.54. The molecule has 2 atom stereocenters. The normalized spacial score (nSPS) is 27.9. The van der Waals surface area contributed by atoms with E-state index in [-0.39, 0.29) is 11.8 Å². The van der Waals surface area contributed by atoms with Gasteiger partial charge in [0.1, 0.15) is 0 Å². The van der Waals surface area contributed by atoms with Crippen LogP contribution in [-0.2, 0) is 22.7 Å². The molecular weight excluding hydrogens is 238 g/mol. The summed E-state index contributed by atoms with van der Waals surface area (Å²) in [5.74, 6) is 2.21. The number of hydrogen-bond donors (Lipinski definition) is 1. The van der Waals surface area contributed by atoms with Crippen molar-refractivity contribution in [3.8, 4) is 0 Å². The summed E-state index contributed by atoms with van der Waals surface area (Å²) < 4.78 is 5.18. The van der Waals surface area contributed by atoms with Gasteiger partial charge in [-0.2, -0.15) is 0 Å². The van der Waals surface area contributed by atoms with Crippen molar-refractivity contribution in [1.82, 2.24) is 5.32 Å². The van der Waals surface area contributed by atoms with Crippen LogP contribution in [0.2, 0.25) is 0 Å². The lowest BCUT2D eigenvalue weighted by atomic mass is 10.0. The molecule has 3 heteroatoms. The number of nitrogens with one attached hydrogen (secondary N) is 1. The Bertz CT molecular complexity index is 462. The number of carbonyl (C=O) groups is 1. The van der Waals surface area contributed by atoms with Gasteiger partial charge < -0.3 is 10.1 Å². The lowest BCUT2D eigenvalue weighted by Gasteiger charge is -2.14. The van der Waals surface area contributed by atoms with Gasteiger partial charge in [-0.3, -0.25) is 4.79 Å². The standard InChI is InChI=1S/C16H21NO2/c1-19-10-12-5-3-2-4-11(12)9-17-16(18)15-7-13-6-14(13)8-15/h2-5,13-15H,6-10H2,1H3,(H,17,18). The van der Waals surface area contributed by atoms with Crippen LogP contribution in [0.4, 0.5) is 0 Å². The highest BCUT2D eigenvalue weighted by molar-refractivity contribution is 5.79. The van der Waals surface area contributed by atoms with Crippen molar-refractivity contribution < 1.29 is 9.53 Å². The predicted molar refractivity (Wildman–Crippen MR) is 73.3 cm³/mol. The summed E-state index contributed by atoms with van der Waals surface area (Å²) in [6, 6.07) is 8.12. The van der Waals surface area contributed by atoms with E-state index in [9.17, 15) is 4.79 Å². The Hall–Kier alpha value is -1.35. The van der Waals surface area contributed by atoms with E-state index in [1.165, 1.54) is 6.42 Å². The van der Waals surface area contributed by atoms with Gasteiger partial charge in [-0.1, -0.05) is 24.3 Å². The summed E-state index contributed by atoms with van der Waals surface area (Å²) in [5, 5.41) is 3.09. The second-order valence-electron chi connectivity index (χ2n) is 5.84. The van der Waals surface area contributed by atoms with Crippen molar-refractivity contribution in [3.05, 3.63) is 35.4 Å². The number of amides is 1. The van der Waals surface area contributed by atoms with Gasteiger partial charge >= 0.3 is 0 Å². The first kappa shape index (κ1) is 12.7. The maximum absolute atomic E-state index is 12.1. The largest absolute Gasteiger partial charge is 0.380 e. The molecule has 1 aromatic carbocycles. The van der Waals surface area contributed by atoms with Gasteiger partial charge in [-0.05, 0) is 42.2 Å². The highest BCUT2D eigenvalue weighted by Gasteiger charge is 2.47. The van der Waals surface area contributed by atoms with Gasteiger partial charge in [0, 0.05) is 19.6 Å². The van der Waals surface area contributed by atoms with E-state index in [1.807, 2.05) is 12.1 Å². The molecule has 2 unspecified atom stereocenters. The fourth-order valence-corrected chi connectivity index (χ4v) is 3.28. The van der Waals surface area contributed by atoms with E-state index in [4.69, 9.17) is 4.74 Å². The summed E-state index contributed by atoms with van der Waals surface area (Å²) in [7, 11) is 1.69. The average molecular weight is 259 g/mol. The molecule has 19 heavy (non-hydrogen) atoms. The molecule has 0 radical (unpaired) electrons. The molecule has 102 valence electrons. The summed E-state index contributed by atoms with van der Waals surface area (Å²) >= 11 is 0. The molecule has 1 amide bonds. The van der Waals surface area contributed by atoms with Crippen molar-refractivity contribution in [3.63, 3.8) is 0 Å². The first-order valence-corrected chi connectivity index (χ1v) is 7.11. The van der Waals surface area contributed by atoms with E-state index in [2.05, 4.69) is 17.4 Å². The van der Waals surface area contributed by atoms with E-state index in [0.29, 0.717) is 13.2 Å². The Morgan fingerprint density at radius 3 is 2.58 bits per heavy atom. The molecule has 0 heterocycles. The minimum Gasteiger partial charge on any atom is -0.380 e. The molecule has 1 aromatic rings. The Morgan fingerprint density at radius 2 is 1.89 bits per heavy atom. The third kappa shape index (κ3) is 2.81. The van der Waals surface area contributed by atoms with E-state index < -0.39 is 0 Å². The van der Waals surface area contributed by atoms with Crippen molar-refractivity contribution >= 4 is 5.91 Å². The molecule has 3 rings (SSSR count).